The second-order valence-corrected chi connectivity index (χ2v) is 8.71. The Hall–Kier alpha value is -3.00. The van der Waals surface area contributed by atoms with E-state index in [1.54, 1.807) is 24.1 Å². The molecule has 0 spiro atoms. The molecule has 7 nitrogen and oxygen atoms in total. The molecule has 0 bridgehead atoms. The van der Waals surface area contributed by atoms with Gasteiger partial charge in [0.05, 0.1) is 19.7 Å². The molecule has 0 amide bonds. The van der Waals surface area contributed by atoms with Gasteiger partial charge in [0.2, 0.25) is 0 Å². The molecule has 4 rings (SSSR count). The summed E-state index contributed by atoms with van der Waals surface area (Å²) in [5.74, 6) is 0.334. The molecule has 0 aromatic heterocycles. The molecule has 8 heteroatoms. The fourth-order valence-electron chi connectivity index (χ4n) is 4.38. The largest absolute Gasteiger partial charge is 0.636 e. The molecule has 2 aliphatic heterocycles. The van der Waals surface area contributed by atoms with Crippen LogP contribution in [0.25, 0.3) is 0 Å². The number of nitrogens with zero attached hydrogens (tertiary/aromatic N) is 2. The van der Waals surface area contributed by atoms with E-state index in [0.717, 1.165) is 25.3 Å². The summed E-state index contributed by atoms with van der Waals surface area (Å²) in [7, 11) is 0.638. The SMILES string of the molecule is Cc1cccc(C)c1N1CCC(COc2ccc(B3OC(=O)CN(C)CC(=O)O3)cc2)C1. The zero-order chi connectivity index (χ0) is 22.7. The Morgan fingerprint density at radius 1 is 1.00 bits per heavy atom. The number of ether oxygens (including phenoxy) is 1. The Bertz CT molecular complexity index is 941. The van der Waals surface area contributed by atoms with E-state index < -0.39 is 19.1 Å². The molecule has 1 atom stereocenters. The average Bonchev–Trinajstić information content (AvgIpc) is 3.19. The number of benzene rings is 2. The zero-order valence-corrected chi connectivity index (χ0v) is 18.9. The van der Waals surface area contributed by atoms with Crippen molar-refractivity contribution in [2.24, 2.45) is 5.92 Å². The number of rotatable bonds is 5. The fourth-order valence-corrected chi connectivity index (χ4v) is 4.38. The van der Waals surface area contributed by atoms with Crippen molar-refractivity contribution in [3.05, 3.63) is 53.6 Å². The van der Waals surface area contributed by atoms with Crippen LogP contribution in [0.3, 0.4) is 0 Å². The maximum Gasteiger partial charge on any atom is 0.636 e. The molecule has 168 valence electrons. The van der Waals surface area contributed by atoms with Gasteiger partial charge in [-0.25, -0.2) is 0 Å². The second kappa shape index (κ2) is 9.65. The molecule has 0 radical (unpaired) electrons. The number of carbonyl (C=O) groups is 2. The van der Waals surface area contributed by atoms with Crippen molar-refractivity contribution in [3.8, 4) is 5.75 Å². The van der Waals surface area contributed by atoms with E-state index in [1.165, 1.54) is 16.8 Å². The monoisotopic (exact) mass is 436 g/mol. The zero-order valence-electron chi connectivity index (χ0n) is 18.9. The molecule has 2 aromatic rings. The highest BCUT2D eigenvalue weighted by molar-refractivity contribution is 6.64. The van der Waals surface area contributed by atoms with Gasteiger partial charge >= 0.3 is 19.1 Å². The Labute approximate surface area is 189 Å². The summed E-state index contributed by atoms with van der Waals surface area (Å²) < 4.78 is 16.6. The minimum atomic E-state index is -1.03. The van der Waals surface area contributed by atoms with E-state index >= 15 is 0 Å². The van der Waals surface area contributed by atoms with Crippen LogP contribution in [-0.2, 0) is 18.9 Å². The van der Waals surface area contributed by atoms with Gasteiger partial charge in [0.15, 0.2) is 0 Å². The molecule has 2 aromatic carbocycles. The number of carbonyl (C=O) groups excluding carboxylic acids is 2. The third-order valence-corrected chi connectivity index (χ3v) is 5.95. The number of anilines is 1. The van der Waals surface area contributed by atoms with Crippen LogP contribution in [0.1, 0.15) is 17.5 Å². The smallest absolute Gasteiger partial charge is 0.494 e. The van der Waals surface area contributed by atoms with E-state index in [9.17, 15) is 9.59 Å². The molecule has 0 aliphatic carbocycles. The van der Waals surface area contributed by atoms with Crippen molar-refractivity contribution < 1.29 is 23.6 Å². The molecule has 0 N–H and O–H groups in total. The van der Waals surface area contributed by atoms with E-state index in [1.807, 2.05) is 12.1 Å². The molecule has 2 fully saturated rings. The normalized spacial score (nSPS) is 19.9. The van der Waals surface area contributed by atoms with E-state index in [4.69, 9.17) is 14.0 Å². The van der Waals surface area contributed by atoms with Crippen molar-refractivity contribution in [2.45, 2.75) is 20.3 Å². The van der Waals surface area contributed by atoms with E-state index in [-0.39, 0.29) is 13.1 Å². The summed E-state index contributed by atoms with van der Waals surface area (Å²) in [6, 6.07) is 13.6. The summed E-state index contributed by atoms with van der Waals surface area (Å²) >= 11 is 0. The predicted molar refractivity (Wildman–Crippen MR) is 123 cm³/mol. The first-order chi connectivity index (χ1) is 15.4. The molecule has 0 saturated carbocycles. The van der Waals surface area contributed by atoms with Crippen LogP contribution in [0.2, 0.25) is 0 Å². The summed E-state index contributed by atoms with van der Waals surface area (Å²) in [6.07, 6.45) is 1.09. The van der Waals surface area contributed by atoms with Crippen LogP contribution < -0.4 is 15.1 Å². The van der Waals surface area contributed by atoms with Crippen molar-refractivity contribution in [1.82, 2.24) is 4.90 Å². The first-order valence-corrected chi connectivity index (χ1v) is 11.0. The number of likely N-dealkylation sites (N-methyl/N-ethyl adjacent to an activating group) is 1. The van der Waals surface area contributed by atoms with Gasteiger partial charge in [0.25, 0.3) is 0 Å². The molecular weight excluding hydrogens is 407 g/mol. The van der Waals surface area contributed by atoms with Crippen molar-refractivity contribution in [1.29, 1.82) is 0 Å². The lowest BCUT2D eigenvalue weighted by atomic mass is 9.78. The lowest BCUT2D eigenvalue weighted by molar-refractivity contribution is -0.145. The molecule has 2 saturated heterocycles. The van der Waals surface area contributed by atoms with Crippen molar-refractivity contribution in [2.75, 3.05) is 44.7 Å². The average molecular weight is 436 g/mol. The molecule has 1 unspecified atom stereocenters. The van der Waals surface area contributed by atoms with Crippen molar-refractivity contribution in [3.63, 3.8) is 0 Å². The summed E-state index contributed by atoms with van der Waals surface area (Å²) in [6.45, 7) is 7.08. The number of hydrogen-bond acceptors (Lipinski definition) is 7. The maximum atomic E-state index is 11.9. The molecule has 2 aliphatic rings. The van der Waals surface area contributed by atoms with Crippen LogP contribution in [0.15, 0.2) is 42.5 Å². The second-order valence-electron chi connectivity index (χ2n) is 8.71. The van der Waals surface area contributed by atoms with Gasteiger partial charge in [-0.2, -0.15) is 0 Å². The Kier molecular flexibility index (Phi) is 6.70. The summed E-state index contributed by atoms with van der Waals surface area (Å²) in [4.78, 5) is 27.9. The maximum absolute atomic E-state index is 11.9. The van der Waals surface area contributed by atoms with Crippen LogP contribution in [-0.4, -0.2) is 63.8 Å². The Morgan fingerprint density at radius 2 is 1.62 bits per heavy atom. The molecular formula is C24H29BN2O5. The lowest BCUT2D eigenvalue weighted by Gasteiger charge is -2.23. The summed E-state index contributed by atoms with van der Waals surface area (Å²) in [5, 5.41) is 0. The summed E-state index contributed by atoms with van der Waals surface area (Å²) in [5.41, 5.74) is 4.56. The van der Waals surface area contributed by atoms with Gasteiger partial charge in [-0.3, -0.25) is 14.5 Å². The standard InChI is InChI=1S/C24H29BN2O5/c1-17-5-4-6-18(2)24(17)27-12-11-19(13-27)16-30-21-9-7-20(8-10-21)25-31-22(28)14-26(3)15-23(29)32-25/h4-10,19H,11-16H2,1-3H3. The lowest BCUT2D eigenvalue weighted by Crippen LogP contribution is -2.47. The highest BCUT2D eigenvalue weighted by Crippen LogP contribution is 2.30. The predicted octanol–water partition coefficient (Wildman–Crippen LogP) is 1.94. The van der Waals surface area contributed by atoms with Gasteiger partial charge in [-0.1, -0.05) is 30.3 Å². The highest BCUT2D eigenvalue weighted by atomic mass is 16.6. The fraction of sp³-hybridized carbons (Fsp3) is 0.417. The first kappa shape index (κ1) is 22.2. The van der Waals surface area contributed by atoms with Crippen molar-refractivity contribution >= 4 is 30.2 Å². The third kappa shape index (κ3) is 5.25. The Morgan fingerprint density at radius 3 is 2.25 bits per heavy atom. The van der Waals surface area contributed by atoms with Gasteiger partial charge in [-0.15, -0.1) is 0 Å². The van der Waals surface area contributed by atoms with Crippen LogP contribution in [0.5, 0.6) is 5.75 Å². The quantitative estimate of drug-likeness (QED) is 0.664. The highest BCUT2D eigenvalue weighted by Gasteiger charge is 2.33. The topological polar surface area (TPSA) is 68.3 Å². The number of hydrogen-bond donors (Lipinski definition) is 0. The molecule has 2 heterocycles. The van der Waals surface area contributed by atoms with Crippen LogP contribution in [0.4, 0.5) is 5.69 Å². The number of aryl methyl sites for hydroxylation is 2. The van der Waals surface area contributed by atoms with Gasteiger partial charge in [0.1, 0.15) is 5.75 Å². The van der Waals surface area contributed by atoms with Crippen LogP contribution >= 0.6 is 0 Å². The minimum absolute atomic E-state index is 0.0488. The minimum Gasteiger partial charge on any atom is -0.494 e. The van der Waals surface area contributed by atoms with Gasteiger partial charge in [0, 0.05) is 30.2 Å². The first-order valence-electron chi connectivity index (χ1n) is 11.0. The number of para-hydroxylation sites is 1. The van der Waals surface area contributed by atoms with Gasteiger partial charge in [-0.05, 0) is 50.6 Å². The Balaban J connectivity index is 1.32. The van der Waals surface area contributed by atoms with Gasteiger partial charge < -0.3 is 18.9 Å². The van der Waals surface area contributed by atoms with E-state index in [0.29, 0.717) is 18.0 Å². The van der Waals surface area contributed by atoms with E-state index in [2.05, 4.69) is 36.9 Å². The third-order valence-electron chi connectivity index (χ3n) is 5.95. The molecule has 32 heavy (non-hydrogen) atoms. The van der Waals surface area contributed by atoms with Crippen LogP contribution in [0, 0.1) is 19.8 Å².